The second-order valence-corrected chi connectivity index (χ2v) is 28.4. The molecule has 2 saturated heterocycles. The quantitative estimate of drug-likeness (QED) is 0.0593. The van der Waals surface area contributed by atoms with E-state index < -0.39 is 28.0 Å². The first-order valence-electron chi connectivity index (χ1n) is 19.3. The molecule has 0 N–H and O–H groups in total. The molecule has 1 aromatic rings. The van der Waals surface area contributed by atoms with Crippen molar-refractivity contribution in [3.63, 3.8) is 0 Å². The van der Waals surface area contributed by atoms with Gasteiger partial charge in [-0.15, -0.1) is 6.58 Å². The average molecular weight is 766 g/mol. The van der Waals surface area contributed by atoms with Crippen molar-refractivity contribution in [1.82, 2.24) is 5.06 Å². The minimum atomic E-state index is -2.34. The summed E-state index contributed by atoms with van der Waals surface area (Å²) in [6.45, 7) is 38.2. The van der Waals surface area contributed by atoms with Crippen LogP contribution in [0.1, 0.15) is 81.2 Å². The highest BCUT2D eigenvalue weighted by atomic mass is 28.4. The van der Waals surface area contributed by atoms with Crippen LogP contribution in [0.3, 0.4) is 0 Å². The molecule has 52 heavy (non-hydrogen) atoms. The maximum Gasteiger partial charge on any atom is 0.192 e. The zero-order valence-corrected chi connectivity index (χ0v) is 37.9. The number of hydrogen-bond acceptors (Lipinski definition) is 9. The molecule has 2 heterocycles. The molecule has 0 radical (unpaired) electrons. The van der Waals surface area contributed by atoms with E-state index in [4.69, 9.17) is 37.4 Å². The first-order valence-corrected chi connectivity index (χ1v) is 25.1. The molecule has 0 aromatic heterocycles. The Balaban J connectivity index is 2.04. The monoisotopic (exact) mass is 766 g/mol. The molecule has 3 rings (SSSR count). The molecule has 1 unspecified atom stereocenters. The van der Waals surface area contributed by atoms with E-state index in [2.05, 4.69) is 88.2 Å². The van der Waals surface area contributed by atoms with Crippen LogP contribution in [0.4, 0.5) is 0 Å². The predicted octanol–water partition coefficient (Wildman–Crippen LogP) is 9.24. The number of ether oxygens (including phenoxy) is 5. The minimum Gasteiger partial charge on any atom is -0.497 e. The summed E-state index contributed by atoms with van der Waals surface area (Å²) in [5.74, 6) is -0.133. The molecule has 0 aliphatic carbocycles. The van der Waals surface area contributed by atoms with E-state index in [1.54, 1.807) is 14.2 Å². The molecule has 0 bridgehead atoms. The fourth-order valence-electron chi connectivity index (χ4n) is 6.72. The molecule has 1 aromatic carbocycles. The Morgan fingerprint density at radius 3 is 2.02 bits per heavy atom. The molecule has 2 fully saturated rings. The maximum absolute atomic E-state index is 7.60. The van der Waals surface area contributed by atoms with Crippen LogP contribution >= 0.6 is 0 Å². The third-order valence-corrected chi connectivity index (χ3v) is 21.2. The number of rotatable bonds is 19. The van der Waals surface area contributed by atoms with Crippen LogP contribution in [-0.2, 0) is 39.2 Å². The van der Waals surface area contributed by atoms with Gasteiger partial charge in [0.15, 0.2) is 22.4 Å². The van der Waals surface area contributed by atoms with E-state index in [0.29, 0.717) is 26.4 Å². The third-order valence-electron chi connectivity index (χ3n) is 12.2. The Morgan fingerprint density at radius 2 is 1.50 bits per heavy atom. The van der Waals surface area contributed by atoms with Crippen LogP contribution in [-0.4, -0.2) is 98.5 Å². The predicted molar refractivity (Wildman–Crippen MR) is 216 cm³/mol. The van der Waals surface area contributed by atoms with Gasteiger partial charge in [0.05, 0.1) is 51.8 Å². The van der Waals surface area contributed by atoms with Crippen LogP contribution in [0.15, 0.2) is 36.9 Å². The Bertz CT molecular complexity index is 1280. The normalized spacial score (nSPS) is 27.3. The van der Waals surface area contributed by atoms with Crippen molar-refractivity contribution >= 4 is 16.6 Å². The molecule has 11 heteroatoms. The summed E-state index contributed by atoms with van der Waals surface area (Å²) in [6.07, 6.45) is 1.98. The number of nitrogens with zero attached hydrogens (tertiary/aromatic N) is 1. The summed E-state index contributed by atoms with van der Waals surface area (Å²) in [4.78, 5) is 5.48. The molecular weight excluding hydrogens is 691 g/mol. The van der Waals surface area contributed by atoms with Crippen molar-refractivity contribution in [1.29, 1.82) is 0 Å². The van der Waals surface area contributed by atoms with Gasteiger partial charge in [0.25, 0.3) is 0 Å². The highest BCUT2D eigenvalue weighted by Crippen LogP contribution is 2.53. The lowest BCUT2D eigenvalue weighted by Gasteiger charge is -2.52. The molecule has 2 aliphatic heterocycles. The van der Waals surface area contributed by atoms with Crippen molar-refractivity contribution in [3.8, 4) is 5.75 Å². The minimum absolute atomic E-state index is 0.0230. The first kappa shape index (κ1) is 45.3. The molecule has 300 valence electrons. The van der Waals surface area contributed by atoms with Crippen LogP contribution in [0.2, 0.25) is 36.3 Å². The molecule has 0 saturated carbocycles. The molecule has 9 nitrogen and oxygen atoms in total. The summed E-state index contributed by atoms with van der Waals surface area (Å²) in [5.41, 5.74) is 0.527. The summed E-state index contributed by atoms with van der Waals surface area (Å²) in [5, 5.41) is 1.85. The topological polar surface area (TPSA) is 80.4 Å². The van der Waals surface area contributed by atoms with E-state index in [1.807, 2.05) is 56.3 Å². The summed E-state index contributed by atoms with van der Waals surface area (Å²) >= 11 is 0. The molecule has 8 atom stereocenters. The highest BCUT2D eigenvalue weighted by molar-refractivity contribution is 6.74. The lowest BCUT2D eigenvalue weighted by molar-refractivity contribution is -0.330. The van der Waals surface area contributed by atoms with Gasteiger partial charge in [-0.25, -0.2) is 0 Å². The van der Waals surface area contributed by atoms with Gasteiger partial charge in [-0.2, -0.15) is 5.06 Å². The molecule has 0 spiro atoms. The SMILES string of the molecule is C=C[C@@H]1[C@H]([C@H](CO[Si](C)(C)C(C)(C)C)[C@H](O[Si](C)(C)C(C)(C)C)C2(C)O[C@@H]2[C@@H](C)COCc2ccc(OC)cc2)OC(C)(C)O[C@H]1CCN(C)OC. The summed E-state index contributed by atoms with van der Waals surface area (Å²) < 4.78 is 46.9. The van der Waals surface area contributed by atoms with Crippen LogP contribution in [0.25, 0.3) is 0 Å². The largest absolute Gasteiger partial charge is 0.497 e. The van der Waals surface area contributed by atoms with E-state index in [0.717, 1.165) is 17.7 Å². The zero-order chi connectivity index (χ0) is 39.5. The van der Waals surface area contributed by atoms with E-state index in [1.165, 1.54) is 0 Å². The first-order chi connectivity index (χ1) is 23.8. The zero-order valence-electron chi connectivity index (χ0n) is 35.9. The Labute approximate surface area is 319 Å². The fourth-order valence-corrected chi connectivity index (χ4v) is 9.16. The number of hydroxylamine groups is 2. The van der Waals surface area contributed by atoms with Gasteiger partial charge in [0.2, 0.25) is 0 Å². The Hall–Kier alpha value is -1.13. The van der Waals surface area contributed by atoms with Crippen molar-refractivity contribution in [2.24, 2.45) is 17.8 Å². The number of benzene rings is 1. The average Bonchev–Trinajstić information content (AvgIpc) is 3.74. The van der Waals surface area contributed by atoms with Gasteiger partial charge in [-0.3, -0.25) is 0 Å². The lowest BCUT2D eigenvalue weighted by atomic mass is 9.77. The Kier molecular flexibility index (Phi) is 15.1. The second-order valence-electron chi connectivity index (χ2n) is 18.9. The number of methoxy groups -OCH3 is 1. The molecule has 0 amide bonds. The van der Waals surface area contributed by atoms with Gasteiger partial charge >= 0.3 is 0 Å². The van der Waals surface area contributed by atoms with Crippen molar-refractivity contribution < 1.29 is 37.4 Å². The fraction of sp³-hybridized carbons (Fsp3) is 0.805. The molecule has 2 aliphatic rings. The Morgan fingerprint density at radius 1 is 0.904 bits per heavy atom. The maximum atomic E-state index is 7.60. The van der Waals surface area contributed by atoms with E-state index >= 15 is 0 Å². The van der Waals surface area contributed by atoms with Crippen molar-refractivity contribution in [2.45, 2.75) is 154 Å². The van der Waals surface area contributed by atoms with E-state index in [9.17, 15) is 0 Å². The number of hydrogen-bond donors (Lipinski definition) is 0. The smallest absolute Gasteiger partial charge is 0.192 e. The second kappa shape index (κ2) is 17.3. The van der Waals surface area contributed by atoms with Gasteiger partial charge in [-0.1, -0.05) is 66.7 Å². The molecular formula is C41H75NO8Si2. The van der Waals surface area contributed by atoms with Gasteiger partial charge in [-0.05, 0) is 81.2 Å². The van der Waals surface area contributed by atoms with Crippen LogP contribution in [0, 0.1) is 17.8 Å². The van der Waals surface area contributed by atoms with Crippen LogP contribution in [0.5, 0.6) is 5.75 Å². The lowest BCUT2D eigenvalue weighted by Crippen LogP contribution is -2.61. The number of epoxide rings is 1. The van der Waals surface area contributed by atoms with Gasteiger partial charge in [0, 0.05) is 38.0 Å². The summed E-state index contributed by atoms with van der Waals surface area (Å²) in [7, 11) is 0.799. The standard InChI is InChI=1S/C41H75NO8Si2/c1-19-32-34(24-25-42(12)44-14)47-40(9,10)48-35(32)33(28-46-51(15,16)38(3,4)5)37(50-52(17,18)39(6,7)8)41(11)36(49-41)29(2)26-45-27-30-20-22-31(43-13)23-21-30/h19-23,29,32-37H,1,24-28H2,2-18H3/t29-,32-,33-,34-,35+,36+,37-,41?/m0/s1. The van der Waals surface area contributed by atoms with Crippen LogP contribution < -0.4 is 4.74 Å². The van der Waals surface area contributed by atoms with Gasteiger partial charge in [0.1, 0.15) is 11.4 Å². The van der Waals surface area contributed by atoms with Crippen molar-refractivity contribution in [3.05, 3.63) is 42.5 Å². The van der Waals surface area contributed by atoms with Gasteiger partial charge < -0.3 is 37.4 Å². The summed E-state index contributed by atoms with van der Waals surface area (Å²) in [6, 6.07) is 8.02. The van der Waals surface area contributed by atoms with Crippen molar-refractivity contribution in [2.75, 3.05) is 41.0 Å². The van der Waals surface area contributed by atoms with E-state index in [-0.39, 0.29) is 52.2 Å². The highest BCUT2D eigenvalue weighted by Gasteiger charge is 2.65. The third kappa shape index (κ3) is 11.2.